The molecule has 0 N–H and O–H groups in total. The van der Waals surface area contributed by atoms with Gasteiger partial charge in [-0.15, -0.1) is 0 Å². The highest BCUT2D eigenvalue weighted by Gasteiger charge is 1.94. The van der Waals surface area contributed by atoms with Crippen LogP contribution in [0, 0.1) is 6.42 Å². The molecular formula is C10H15O. The van der Waals surface area contributed by atoms with E-state index in [0.29, 0.717) is 0 Å². The molecule has 1 heteroatoms. The van der Waals surface area contributed by atoms with Gasteiger partial charge in [-0.25, -0.2) is 0 Å². The molecule has 1 aromatic rings. The average molecular weight is 151 g/mol. The van der Waals surface area contributed by atoms with E-state index in [0.717, 1.165) is 12.2 Å². The summed E-state index contributed by atoms with van der Waals surface area (Å²) < 4.78 is 5.16. The number of furan rings is 1. The van der Waals surface area contributed by atoms with Gasteiger partial charge in [0.15, 0.2) is 0 Å². The van der Waals surface area contributed by atoms with Crippen molar-refractivity contribution in [2.75, 3.05) is 0 Å². The fourth-order valence-electron chi connectivity index (χ4n) is 1.05. The quantitative estimate of drug-likeness (QED) is 0.588. The summed E-state index contributed by atoms with van der Waals surface area (Å²) in [6, 6.07) is 3.91. The summed E-state index contributed by atoms with van der Waals surface area (Å²) in [6.07, 6.45) is 8.88. The van der Waals surface area contributed by atoms with Crippen molar-refractivity contribution in [3.8, 4) is 0 Å². The maximum absolute atomic E-state index is 5.16. The molecule has 1 radical (unpaired) electrons. The van der Waals surface area contributed by atoms with Crippen molar-refractivity contribution in [2.45, 2.75) is 32.6 Å². The molecule has 11 heavy (non-hydrogen) atoms. The molecule has 0 saturated heterocycles. The number of hydrogen-bond acceptors (Lipinski definition) is 1. The van der Waals surface area contributed by atoms with Crippen LogP contribution in [0.4, 0.5) is 0 Å². The lowest BCUT2D eigenvalue weighted by atomic mass is 10.1. The van der Waals surface area contributed by atoms with Crippen LogP contribution in [0.2, 0.25) is 0 Å². The fraction of sp³-hybridized carbons (Fsp3) is 0.500. The van der Waals surface area contributed by atoms with Gasteiger partial charge in [0.1, 0.15) is 5.76 Å². The molecule has 0 bridgehead atoms. The largest absolute Gasteiger partial charge is 0.469 e. The van der Waals surface area contributed by atoms with Gasteiger partial charge in [0.25, 0.3) is 0 Å². The third-order valence-electron chi connectivity index (χ3n) is 1.70. The van der Waals surface area contributed by atoms with Crippen LogP contribution in [-0.2, 0) is 0 Å². The van der Waals surface area contributed by atoms with Crippen molar-refractivity contribution in [1.82, 2.24) is 0 Å². The Labute approximate surface area is 68.4 Å². The summed E-state index contributed by atoms with van der Waals surface area (Å²) in [4.78, 5) is 0. The Morgan fingerprint density at radius 1 is 1.45 bits per heavy atom. The Kier molecular flexibility index (Phi) is 3.81. The summed E-state index contributed by atoms with van der Waals surface area (Å²) in [5.41, 5.74) is 0. The summed E-state index contributed by atoms with van der Waals surface area (Å²) >= 11 is 0. The van der Waals surface area contributed by atoms with E-state index >= 15 is 0 Å². The van der Waals surface area contributed by atoms with Gasteiger partial charge in [0, 0.05) is 6.42 Å². The maximum atomic E-state index is 5.16. The minimum Gasteiger partial charge on any atom is -0.469 e. The van der Waals surface area contributed by atoms with Crippen LogP contribution in [0.25, 0.3) is 0 Å². The van der Waals surface area contributed by atoms with Gasteiger partial charge in [-0.3, -0.25) is 0 Å². The average Bonchev–Trinajstić information content (AvgIpc) is 2.50. The molecule has 1 rings (SSSR count). The van der Waals surface area contributed by atoms with E-state index in [1.54, 1.807) is 6.26 Å². The zero-order chi connectivity index (χ0) is 7.94. The molecular weight excluding hydrogens is 136 g/mol. The molecule has 0 amide bonds. The molecule has 0 fully saturated rings. The molecule has 0 spiro atoms. The van der Waals surface area contributed by atoms with Crippen LogP contribution in [0.1, 0.15) is 38.4 Å². The van der Waals surface area contributed by atoms with E-state index in [1.165, 1.54) is 19.3 Å². The third-order valence-corrected chi connectivity index (χ3v) is 1.70. The smallest absolute Gasteiger partial charge is 0.107 e. The first-order chi connectivity index (χ1) is 5.43. The molecule has 0 aliphatic heterocycles. The van der Waals surface area contributed by atoms with Crippen LogP contribution in [0.3, 0.4) is 0 Å². The lowest BCUT2D eigenvalue weighted by molar-refractivity contribution is 0.531. The molecule has 0 saturated carbocycles. The molecule has 0 aliphatic carbocycles. The lowest BCUT2D eigenvalue weighted by Crippen LogP contribution is -1.78. The first kappa shape index (κ1) is 8.38. The molecule has 0 aliphatic rings. The van der Waals surface area contributed by atoms with Crippen molar-refractivity contribution in [1.29, 1.82) is 0 Å². The lowest BCUT2D eigenvalue weighted by Gasteiger charge is -1.94. The van der Waals surface area contributed by atoms with Gasteiger partial charge in [-0.2, -0.15) is 0 Å². The Balaban J connectivity index is 2.04. The van der Waals surface area contributed by atoms with E-state index in [4.69, 9.17) is 4.42 Å². The highest BCUT2D eigenvalue weighted by Crippen LogP contribution is 2.09. The zero-order valence-electron chi connectivity index (χ0n) is 7.05. The Morgan fingerprint density at radius 3 is 3.00 bits per heavy atom. The summed E-state index contributed by atoms with van der Waals surface area (Å²) in [5.74, 6) is 1.00. The van der Waals surface area contributed by atoms with E-state index < -0.39 is 0 Å². The van der Waals surface area contributed by atoms with Gasteiger partial charge in [0.2, 0.25) is 0 Å². The summed E-state index contributed by atoms with van der Waals surface area (Å²) in [5, 5.41) is 0. The van der Waals surface area contributed by atoms with Gasteiger partial charge >= 0.3 is 0 Å². The van der Waals surface area contributed by atoms with Gasteiger partial charge in [-0.05, 0) is 18.6 Å². The Bertz CT molecular complexity index is 165. The van der Waals surface area contributed by atoms with Crippen LogP contribution in [0.5, 0.6) is 0 Å². The highest BCUT2D eigenvalue weighted by atomic mass is 16.3. The standard InChI is InChI=1S/C10H15O/c1-2-3-4-5-7-10-8-6-9-11-10/h6-9H,2-5H2,1H3. The summed E-state index contributed by atoms with van der Waals surface area (Å²) in [6.45, 7) is 2.22. The maximum Gasteiger partial charge on any atom is 0.107 e. The van der Waals surface area contributed by atoms with Gasteiger partial charge in [-0.1, -0.05) is 26.2 Å². The second-order valence-electron chi connectivity index (χ2n) is 2.72. The van der Waals surface area contributed by atoms with Crippen molar-refractivity contribution >= 4 is 0 Å². The van der Waals surface area contributed by atoms with Crippen LogP contribution >= 0.6 is 0 Å². The molecule has 0 unspecified atom stereocenters. The van der Waals surface area contributed by atoms with Crippen LogP contribution in [0.15, 0.2) is 22.8 Å². The topological polar surface area (TPSA) is 13.1 Å². The van der Waals surface area contributed by atoms with Crippen molar-refractivity contribution in [3.63, 3.8) is 0 Å². The van der Waals surface area contributed by atoms with Crippen molar-refractivity contribution in [2.24, 2.45) is 0 Å². The number of rotatable bonds is 5. The second kappa shape index (κ2) is 5.00. The van der Waals surface area contributed by atoms with Crippen LogP contribution < -0.4 is 0 Å². The monoisotopic (exact) mass is 151 g/mol. The number of hydrogen-bond donors (Lipinski definition) is 0. The van der Waals surface area contributed by atoms with Gasteiger partial charge < -0.3 is 4.42 Å². The van der Waals surface area contributed by atoms with E-state index in [1.807, 2.05) is 12.1 Å². The molecule has 1 heterocycles. The predicted molar refractivity (Wildman–Crippen MR) is 46.3 cm³/mol. The van der Waals surface area contributed by atoms with Gasteiger partial charge in [0.05, 0.1) is 6.26 Å². The fourth-order valence-corrected chi connectivity index (χ4v) is 1.05. The predicted octanol–water partition coefficient (Wildman–Crippen LogP) is 3.41. The SMILES string of the molecule is CCCCC[CH]c1ccco1. The van der Waals surface area contributed by atoms with E-state index in [-0.39, 0.29) is 0 Å². The first-order valence-corrected chi connectivity index (χ1v) is 4.30. The second-order valence-corrected chi connectivity index (χ2v) is 2.72. The highest BCUT2D eigenvalue weighted by molar-refractivity contribution is 5.08. The Hall–Kier alpha value is -0.720. The normalized spacial score (nSPS) is 10.3. The van der Waals surface area contributed by atoms with Crippen molar-refractivity contribution in [3.05, 3.63) is 30.6 Å². The Morgan fingerprint density at radius 2 is 2.36 bits per heavy atom. The molecule has 61 valence electrons. The zero-order valence-corrected chi connectivity index (χ0v) is 7.05. The van der Waals surface area contributed by atoms with E-state index in [9.17, 15) is 0 Å². The number of unbranched alkanes of at least 4 members (excludes halogenated alkanes) is 3. The molecule has 0 atom stereocenters. The van der Waals surface area contributed by atoms with E-state index in [2.05, 4.69) is 13.3 Å². The van der Waals surface area contributed by atoms with Crippen LogP contribution in [-0.4, -0.2) is 0 Å². The summed E-state index contributed by atoms with van der Waals surface area (Å²) in [7, 11) is 0. The molecule has 0 aromatic carbocycles. The minimum absolute atomic E-state index is 1.00. The first-order valence-electron chi connectivity index (χ1n) is 4.30. The third kappa shape index (κ3) is 3.26. The van der Waals surface area contributed by atoms with Crippen molar-refractivity contribution < 1.29 is 4.42 Å². The molecule has 1 aromatic heterocycles. The minimum atomic E-state index is 1.00. The molecule has 1 nitrogen and oxygen atoms in total.